The molecule has 1 aliphatic rings. The van der Waals surface area contributed by atoms with Gasteiger partial charge in [0, 0.05) is 22.8 Å². The van der Waals surface area contributed by atoms with E-state index in [0.29, 0.717) is 5.56 Å². The van der Waals surface area contributed by atoms with Gasteiger partial charge in [-0.1, -0.05) is 54.6 Å². The molecule has 2 aromatic carbocycles. The van der Waals surface area contributed by atoms with Crippen LogP contribution in [-0.4, -0.2) is 15.6 Å². The van der Waals surface area contributed by atoms with Crippen molar-refractivity contribution in [2.24, 2.45) is 5.92 Å². The van der Waals surface area contributed by atoms with E-state index in [2.05, 4.69) is 10.3 Å². The standard InChI is InChI=1S/C23H19ClN2O/c1-23(24)15-18(12-13-19(23)22(27)17-7-3-2-4-8-17)26-20-11-5-9-16-10-6-14-25-21(16)20/h2-15,19,26H,1H3. The summed E-state index contributed by atoms with van der Waals surface area (Å²) in [5.74, 6) is -0.399. The van der Waals surface area contributed by atoms with Gasteiger partial charge in [-0.05, 0) is 31.2 Å². The number of hydrogen-bond acceptors (Lipinski definition) is 3. The maximum Gasteiger partial charge on any atom is 0.171 e. The first-order chi connectivity index (χ1) is 13.0. The van der Waals surface area contributed by atoms with Crippen LogP contribution in [-0.2, 0) is 0 Å². The highest BCUT2D eigenvalue weighted by Gasteiger charge is 2.36. The second kappa shape index (κ2) is 7.01. The summed E-state index contributed by atoms with van der Waals surface area (Å²) in [4.78, 5) is 16.5. The highest BCUT2D eigenvalue weighted by Crippen LogP contribution is 2.36. The molecule has 4 heteroatoms. The largest absolute Gasteiger partial charge is 0.354 e. The van der Waals surface area contributed by atoms with Gasteiger partial charge < -0.3 is 5.32 Å². The number of aromatic nitrogens is 1. The molecule has 1 aliphatic carbocycles. The highest BCUT2D eigenvalue weighted by atomic mass is 35.5. The van der Waals surface area contributed by atoms with Crippen LogP contribution in [0.2, 0.25) is 0 Å². The molecule has 3 aromatic rings. The molecule has 1 aromatic heterocycles. The maximum atomic E-state index is 12.9. The van der Waals surface area contributed by atoms with Crippen molar-refractivity contribution in [3.8, 4) is 0 Å². The molecule has 1 N–H and O–H groups in total. The van der Waals surface area contributed by atoms with Crippen LogP contribution in [0.1, 0.15) is 17.3 Å². The van der Waals surface area contributed by atoms with Crippen LogP contribution in [0.4, 0.5) is 5.69 Å². The summed E-state index contributed by atoms with van der Waals surface area (Å²) < 4.78 is 0. The van der Waals surface area contributed by atoms with Gasteiger partial charge in [-0.2, -0.15) is 0 Å². The van der Waals surface area contributed by atoms with Gasteiger partial charge in [0.05, 0.1) is 22.0 Å². The molecule has 0 fully saturated rings. The van der Waals surface area contributed by atoms with E-state index in [1.807, 2.05) is 85.8 Å². The molecular formula is C23H19ClN2O. The molecule has 134 valence electrons. The minimum absolute atomic E-state index is 0.0199. The summed E-state index contributed by atoms with van der Waals surface area (Å²) in [6.07, 6.45) is 7.47. The van der Waals surface area contributed by atoms with Gasteiger partial charge in [0.25, 0.3) is 0 Å². The number of Topliss-reactive ketones (excluding diaryl/α,β-unsaturated/α-hetero) is 1. The Hall–Kier alpha value is -2.91. The Kier molecular flexibility index (Phi) is 4.54. The molecule has 3 nitrogen and oxygen atoms in total. The van der Waals surface area contributed by atoms with Gasteiger partial charge in [-0.15, -0.1) is 11.6 Å². The van der Waals surface area contributed by atoms with Crippen LogP contribution in [0.3, 0.4) is 0 Å². The van der Waals surface area contributed by atoms with Crippen molar-refractivity contribution >= 4 is 34.0 Å². The number of rotatable bonds is 4. The summed E-state index contributed by atoms with van der Waals surface area (Å²) >= 11 is 6.76. The number of carbonyl (C=O) groups is 1. The van der Waals surface area contributed by atoms with Crippen molar-refractivity contribution in [1.29, 1.82) is 0 Å². The number of nitrogens with zero attached hydrogens (tertiary/aromatic N) is 1. The Morgan fingerprint density at radius 2 is 1.85 bits per heavy atom. The number of hydrogen-bond donors (Lipinski definition) is 1. The number of para-hydroxylation sites is 1. The average Bonchev–Trinajstić information content (AvgIpc) is 2.68. The molecule has 0 aliphatic heterocycles. The SMILES string of the molecule is CC1(Cl)C=C(Nc2cccc3cccnc23)C=CC1C(=O)c1ccccc1. The van der Waals surface area contributed by atoms with E-state index in [0.717, 1.165) is 22.3 Å². The number of ketones is 1. The molecule has 27 heavy (non-hydrogen) atoms. The fourth-order valence-electron chi connectivity index (χ4n) is 3.39. The van der Waals surface area contributed by atoms with E-state index >= 15 is 0 Å². The van der Waals surface area contributed by atoms with Crippen molar-refractivity contribution in [2.45, 2.75) is 11.8 Å². The molecule has 0 saturated heterocycles. The summed E-state index contributed by atoms with van der Waals surface area (Å²) in [5.41, 5.74) is 3.32. The molecule has 2 atom stereocenters. The lowest BCUT2D eigenvalue weighted by Gasteiger charge is -2.30. The fourth-order valence-corrected chi connectivity index (χ4v) is 3.68. The third kappa shape index (κ3) is 3.51. The number of nitrogens with one attached hydrogen (secondary N) is 1. The number of carbonyl (C=O) groups excluding carboxylic acids is 1. The zero-order valence-electron chi connectivity index (χ0n) is 14.9. The first-order valence-corrected chi connectivity index (χ1v) is 9.22. The fraction of sp³-hybridized carbons (Fsp3) is 0.130. The normalized spacial score (nSPS) is 21.7. The molecule has 1 heterocycles. The highest BCUT2D eigenvalue weighted by molar-refractivity contribution is 6.28. The van der Waals surface area contributed by atoms with Gasteiger partial charge >= 0.3 is 0 Å². The molecule has 0 saturated carbocycles. The maximum absolute atomic E-state index is 12.9. The van der Waals surface area contributed by atoms with Crippen LogP contribution < -0.4 is 5.32 Å². The Morgan fingerprint density at radius 3 is 2.63 bits per heavy atom. The van der Waals surface area contributed by atoms with Gasteiger partial charge in [0.1, 0.15) is 0 Å². The third-order valence-corrected chi connectivity index (χ3v) is 5.11. The van der Waals surface area contributed by atoms with Crippen molar-refractivity contribution in [1.82, 2.24) is 4.98 Å². The predicted octanol–water partition coefficient (Wildman–Crippen LogP) is 5.60. The van der Waals surface area contributed by atoms with E-state index in [1.165, 1.54) is 0 Å². The number of anilines is 1. The lowest BCUT2D eigenvalue weighted by Crippen LogP contribution is -2.34. The molecule has 4 rings (SSSR count). The van der Waals surface area contributed by atoms with Crippen molar-refractivity contribution < 1.29 is 4.79 Å². The Morgan fingerprint density at radius 1 is 1.07 bits per heavy atom. The van der Waals surface area contributed by atoms with E-state index < -0.39 is 10.8 Å². The molecule has 0 amide bonds. The van der Waals surface area contributed by atoms with Crippen molar-refractivity contribution in [3.05, 3.63) is 96.3 Å². The first kappa shape index (κ1) is 17.5. The summed E-state index contributed by atoms with van der Waals surface area (Å²) in [6.45, 7) is 1.87. The Labute approximate surface area is 163 Å². The van der Waals surface area contributed by atoms with Crippen LogP contribution >= 0.6 is 11.6 Å². The lowest BCUT2D eigenvalue weighted by atomic mass is 9.82. The van der Waals surface area contributed by atoms with Crippen molar-refractivity contribution in [2.75, 3.05) is 5.32 Å². The number of pyridine rings is 1. The second-order valence-corrected chi connectivity index (χ2v) is 7.64. The smallest absolute Gasteiger partial charge is 0.171 e. The zero-order valence-corrected chi connectivity index (χ0v) is 15.6. The second-order valence-electron chi connectivity index (χ2n) is 6.82. The summed E-state index contributed by atoms with van der Waals surface area (Å²) in [5, 5.41) is 4.46. The van der Waals surface area contributed by atoms with Crippen LogP contribution in [0.5, 0.6) is 0 Å². The van der Waals surface area contributed by atoms with E-state index in [9.17, 15) is 4.79 Å². The van der Waals surface area contributed by atoms with Gasteiger partial charge in [-0.25, -0.2) is 0 Å². The summed E-state index contributed by atoms with van der Waals surface area (Å²) in [7, 11) is 0. The first-order valence-electron chi connectivity index (χ1n) is 8.84. The monoisotopic (exact) mass is 374 g/mol. The lowest BCUT2D eigenvalue weighted by molar-refractivity contribution is 0.0932. The quantitative estimate of drug-likeness (QED) is 0.477. The minimum Gasteiger partial charge on any atom is -0.354 e. The van der Waals surface area contributed by atoms with Crippen LogP contribution in [0, 0.1) is 5.92 Å². The zero-order chi connectivity index (χ0) is 18.9. The van der Waals surface area contributed by atoms with E-state index in [-0.39, 0.29) is 5.78 Å². The van der Waals surface area contributed by atoms with Crippen LogP contribution in [0.25, 0.3) is 10.9 Å². The summed E-state index contributed by atoms with van der Waals surface area (Å²) in [6, 6.07) is 19.2. The molecule has 0 spiro atoms. The topological polar surface area (TPSA) is 42.0 Å². The average molecular weight is 375 g/mol. The van der Waals surface area contributed by atoms with Gasteiger partial charge in [-0.3, -0.25) is 9.78 Å². The number of allylic oxidation sites excluding steroid dienone is 3. The predicted molar refractivity (Wildman–Crippen MR) is 111 cm³/mol. The van der Waals surface area contributed by atoms with Crippen molar-refractivity contribution in [3.63, 3.8) is 0 Å². The van der Waals surface area contributed by atoms with Gasteiger partial charge in [0.2, 0.25) is 0 Å². The van der Waals surface area contributed by atoms with Crippen LogP contribution in [0.15, 0.2) is 90.8 Å². The number of halogens is 1. The molecule has 2 unspecified atom stereocenters. The minimum atomic E-state index is -0.817. The number of fused-ring (bicyclic) bond motifs is 1. The Bertz CT molecular complexity index is 1050. The number of alkyl halides is 1. The Balaban J connectivity index is 1.61. The molecular weight excluding hydrogens is 356 g/mol. The number of benzene rings is 2. The van der Waals surface area contributed by atoms with Gasteiger partial charge in [0.15, 0.2) is 5.78 Å². The van der Waals surface area contributed by atoms with E-state index in [1.54, 1.807) is 6.20 Å². The molecule has 0 radical (unpaired) electrons. The third-order valence-electron chi connectivity index (χ3n) is 4.77. The van der Waals surface area contributed by atoms with E-state index in [4.69, 9.17) is 11.6 Å². The molecule has 0 bridgehead atoms.